The fraction of sp³-hybridized carbons (Fsp3) is 0.667. The molecule has 5 atom stereocenters. The highest BCUT2D eigenvalue weighted by molar-refractivity contribution is 7.90. The van der Waals surface area contributed by atoms with Crippen LogP contribution in [-0.4, -0.2) is 45.5 Å². The van der Waals surface area contributed by atoms with Gasteiger partial charge in [0.05, 0.1) is 13.2 Å². The summed E-state index contributed by atoms with van der Waals surface area (Å²) in [4.78, 5) is 14.1. The van der Waals surface area contributed by atoms with E-state index < -0.39 is 11.4 Å². The molecule has 0 radical (unpaired) electrons. The van der Waals surface area contributed by atoms with Crippen molar-refractivity contribution >= 4 is 17.5 Å². The number of carbonyl (C=O) groups excluding carboxylic acids is 1. The monoisotopic (exact) mass is 392 g/mol. The van der Waals surface area contributed by atoms with Gasteiger partial charge in [0, 0.05) is 23.4 Å². The molecule has 0 spiro atoms. The van der Waals surface area contributed by atoms with Gasteiger partial charge in [0.25, 0.3) is 0 Å². The van der Waals surface area contributed by atoms with Gasteiger partial charge in [-0.1, -0.05) is 30.3 Å². The number of amides is 1. The molecule has 2 heterocycles. The number of rotatable bonds is 5. The summed E-state index contributed by atoms with van der Waals surface area (Å²) in [7, 11) is 1.46. The van der Waals surface area contributed by atoms with Crippen molar-refractivity contribution in [2.75, 3.05) is 7.11 Å². The second-order valence-electron chi connectivity index (χ2n) is 8.79. The second kappa shape index (κ2) is 8.41. The summed E-state index contributed by atoms with van der Waals surface area (Å²) >= 11 is -1.12. The first-order chi connectivity index (χ1) is 12.8. The molecule has 1 aromatic carbocycles. The normalized spacial score (nSPS) is 27.3. The molecule has 5 nitrogen and oxygen atoms in total. The Labute approximate surface area is 166 Å². The van der Waals surface area contributed by atoms with Gasteiger partial charge < -0.3 is 14.2 Å². The van der Waals surface area contributed by atoms with Crippen LogP contribution in [0.25, 0.3) is 0 Å². The van der Waals surface area contributed by atoms with Gasteiger partial charge in [0.15, 0.2) is 0 Å². The average Bonchev–Trinajstić information content (AvgIpc) is 2.90. The van der Waals surface area contributed by atoms with Gasteiger partial charge >= 0.3 is 6.09 Å². The number of carbonyl (C=O) groups is 1. The third-order valence-corrected chi connectivity index (χ3v) is 7.47. The fourth-order valence-corrected chi connectivity index (χ4v) is 5.34. The number of ether oxygens (including phenoxy) is 1. The Balaban J connectivity index is 1.76. The zero-order valence-electron chi connectivity index (χ0n) is 16.8. The van der Waals surface area contributed by atoms with Gasteiger partial charge in [-0.15, -0.1) is 4.72 Å². The van der Waals surface area contributed by atoms with Gasteiger partial charge in [-0.25, -0.2) is 4.79 Å². The molecule has 2 aliphatic rings. The molecular weight excluding hydrogens is 360 g/mol. The minimum atomic E-state index is -1.12. The van der Waals surface area contributed by atoms with Crippen molar-refractivity contribution in [1.29, 1.82) is 0 Å². The molecule has 0 saturated carbocycles. The summed E-state index contributed by atoms with van der Waals surface area (Å²) in [5, 5.41) is 0. The van der Waals surface area contributed by atoms with Crippen molar-refractivity contribution in [3.8, 4) is 0 Å². The van der Waals surface area contributed by atoms with Crippen molar-refractivity contribution in [3.63, 3.8) is 0 Å². The molecule has 0 aromatic heterocycles. The second-order valence-corrected chi connectivity index (χ2v) is 10.8. The van der Waals surface area contributed by atoms with Gasteiger partial charge in [-0.05, 0) is 64.4 Å². The van der Waals surface area contributed by atoms with Gasteiger partial charge in [0.2, 0.25) is 0 Å². The lowest BCUT2D eigenvalue weighted by molar-refractivity contribution is 0.0650. The molecule has 6 heteroatoms. The first kappa shape index (κ1) is 20.5. The lowest BCUT2D eigenvalue weighted by Gasteiger charge is -2.41. The lowest BCUT2D eigenvalue weighted by Crippen LogP contribution is -2.54. The number of nitrogens with one attached hydrogen (secondary N) is 1. The zero-order chi connectivity index (χ0) is 19.6. The summed E-state index contributed by atoms with van der Waals surface area (Å²) in [6, 6.07) is 11.0. The Morgan fingerprint density at radius 2 is 1.85 bits per heavy atom. The smallest absolute Gasteiger partial charge is 0.409 e. The third-order valence-electron chi connectivity index (χ3n) is 5.84. The van der Waals surface area contributed by atoms with Crippen LogP contribution in [0.1, 0.15) is 52.0 Å². The Morgan fingerprint density at radius 1 is 1.26 bits per heavy atom. The molecule has 0 aliphatic carbocycles. The van der Waals surface area contributed by atoms with E-state index in [9.17, 15) is 9.35 Å². The van der Waals surface area contributed by atoms with E-state index in [1.165, 1.54) is 12.7 Å². The van der Waals surface area contributed by atoms with E-state index in [-0.39, 0.29) is 29.0 Å². The molecule has 2 aliphatic heterocycles. The van der Waals surface area contributed by atoms with Crippen LogP contribution in [0, 0.1) is 5.92 Å². The van der Waals surface area contributed by atoms with Crippen molar-refractivity contribution in [3.05, 3.63) is 35.9 Å². The number of piperidine rings is 1. The first-order valence-electron chi connectivity index (χ1n) is 9.88. The maximum atomic E-state index is 12.8. The molecule has 2 unspecified atom stereocenters. The molecule has 2 fully saturated rings. The molecule has 1 amide bonds. The third kappa shape index (κ3) is 4.79. The Kier molecular flexibility index (Phi) is 6.39. The van der Waals surface area contributed by atoms with Gasteiger partial charge in [-0.3, -0.25) is 0 Å². The molecule has 2 bridgehead atoms. The van der Waals surface area contributed by atoms with Crippen LogP contribution in [0.4, 0.5) is 4.79 Å². The number of hydrogen-bond acceptors (Lipinski definition) is 4. The van der Waals surface area contributed by atoms with E-state index in [0.717, 1.165) is 32.1 Å². The predicted octanol–water partition coefficient (Wildman–Crippen LogP) is 3.66. The number of nitrogens with zero attached hydrogens (tertiary/aromatic N) is 1. The number of methoxy groups -OCH3 is 1. The predicted molar refractivity (Wildman–Crippen MR) is 109 cm³/mol. The molecule has 1 aromatic rings. The van der Waals surface area contributed by atoms with E-state index in [1.807, 2.05) is 31.7 Å². The highest BCUT2D eigenvalue weighted by Crippen LogP contribution is 2.41. The molecule has 27 heavy (non-hydrogen) atoms. The summed E-state index contributed by atoms with van der Waals surface area (Å²) in [5.41, 5.74) is 1.25. The Hall–Kier alpha value is -1.24. The van der Waals surface area contributed by atoms with Crippen LogP contribution < -0.4 is 4.72 Å². The van der Waals surface area contributed by atoms with Crippen LogP contribution >= 0.6 is 0 Å². The van der Waals surface area contributed by atoms with E-state index in [1.54, 1.807) is 0 Å². The summed E-state index contributed by atoms with van der Waals surface area (Å²) < 4.78 is 20.9. The number of fused-ring (bicyclic) bond motifs is 2. The largest absolute Gasteiger partial charge is 0.598 e. The first-order valence-corrected chi connectivity index (χ1v) is 11.0. The van der Waals surface area contributed by atoms with Gasteiger partial charge in [-0.2, -0.15) is 0 Å². The number of benzene rings is 1. The Morgan fingerprint density at radius 3 is 2.37 bits per heavy atom. The fourth-order valence-electron chi connectivity index (χ4n) is 4.44. The van der Waals surface area contributed by atoms with Crippen molar-refractivity contribution < 1.29 is 14.1 Å². The quantitative estimate of drug-likeness (QED) is 0.777. The van der Waals surface area contributed by atoms with Crippen LogP contribution in [0.5, 0.6) is 0 Å². The number of hydrogen-bond donors (Lipinski definition) is 1. The van der Waals surface area contributed by atoms with Crippen LogP contribution in [0.3, 0.4) is 0 Å². The highest BCUT2D eigenvalue weighted by Gasteiger charge is 2.46. The van der Waals surface area contributed by atoms with E-state index in [4.69, 9.17) is 4.74 Å². The molecule has 2 saturated heterocycles. The lowest BCUT2D eigenvalue weighted by atomic mass is 9.83. The van der Waals surface area contributed by atoms with Gasteiger partial charge in [0.1, 0.15) is 4.75 Å². The maximum absolute atomic E-state index is 12.8. The van der Waals surface area contributed by atoms with E-state index in [0.29, 0.717) is 5.92 Å². The zero-order valence-corrected chi connectivity index (χ0v) is 17.6. The highest BCUT2D eigenvalue weighted by atomic mass is 32.2. The molecular formula is C21H32N2O3S. The van der Waals surface area contributed by atoms with Crippen molar-refractivity contribution in [1.82, 2.24) is 9.62 Å². The molecule has 1 N–H and O–H groups in total. The average molecular weight is 393 g/mol. The molecule has 3 rings (SSSR count). The van der Waals surface area contributed by atoms with E-state index >= 15 is 0 Å². The minimum Gasteiger partial charge on any atom is -0.598 e. The van der Waals surface area contributed by atoms with Crippen LogP contribution in [0.15, 0.2) is 30.3 Å². The van der Waals surface area contributed by atoms with Crippen LogP contribution in [-0.2, 0) is 22.5 Å². The van der Waals surface area contributed by atoms with E-state index in [2.05, 4.69) is 29.0 Å². The SMILES string of the molecule is COC(=O)N1[C@@H]2CC[C@H]1CC([C@H](Cc1ccccc1)N[S+]([O-])C(C)(C)C)C2. The summed E-state index contributed by atoms with van der Waals surface area (Å²) in [6.07, 6.45) is 4.61. The minimum absolute atomic E-state index is 0.135. The summed E-state index contributed by atoms with van der Waals surface area (Å²) in [5.74, 6) is 0.398. The summed E-state index contributed by atoms with van der Waals surface area (Å²) in [6.45, 7) is 6.00. The van der Waals surface area contributed by atoms with Crippen molar-refractivity contribution in [2.24, 2.45) is 5.92 Å². The van der Waals surface area contributed by atoms with Crippen molar-refractivity contribution in [2.45, 2.75) is 75.7 Å². The maximum Gasteiger partial charge on any atom is 0.409 e. The Bertz CT molecular complexity index is 620. The van der Waals surface area contributed by atoms with Crippen LogP contribution in [0.2, 0.25) is 0 Å². The standard InChI is InChI=1S/C21H32N2O3S/c1-21(2,3)27(25)22-19(12-15-8-6-5-7-9-15)16-13-17-10-11-18(14-16)23(17)20(24)26-4/h5-9,16-19,22H,10-14H2,1-4H3/t16?,17-,18+,19-,27?/m0/s1. The molecule has 150 valence electrons. The topological polar surface area (TPSA) is 64.6 Å².